The Hall–Kier alpha value is -13.0. The number of hydrogen-bond donors (Lipinski definition) is 6. The smallest absolute Gasteiger partial charge is 0.410 e. The van der Waals surface area contributed by atoms with Crippen molar-refractivity contribution in [3.63, 3.8) is 0 Å². The number of halogens is 6. The highest BCUT2D eigenvalue weighted by Gasteiger charge is 2.41. The molecule has 6 unspecified atom stereocenters. The van der Waals surface area contributed by atoms with Gasteiger partial charge in [-0.15, -0.1) is 0 Å². The average molecular weight is 2160 g/mol. The quantitative estimate of drug-likeness (QED) is 0.0389. The van der Waals surface area contributed by atoms with Crippen LogP contribution in [0.25, 0.3) is 60.2 Å². The van der Waals surface area contributed by atoms with E-state index in [-0.39, 0.29) is 54.0 Å². The van der Waals surface area contributed by atoms with E-state index in [1.165, 1.54) is 77.4 Å². The van der Waals surface area contributed by atoms with Crippen LogP contribution in [-0.4, -0.2) is 163 Å². The van der Waals surface area contributed by atoms with Crippen molar-refractivity contribution < 1.29 is 42.8 Å². The first-order chi connectivity index (χ1) is 71.3. The number of imidazole rings is 1. The van der Waals surface area contributed by atoms with Crippen molar-refractivity contribution in [3.05, 3.63) is 410 Å². The van der Waals surface area contributed by atoms with Crippen LogP contribution in [-0.2, 0) is 75.5 Å². The zero-order chi connectivity index (χ0) is 100. The number of methoxy groups -OCH3 is 1. The topological polar surface area (TPSA) is 241 Å². The van der Waals surface area contributed by atoms with E-state index in [4.69, 9.17) is 74.8 Å². The Balaban J connectivity index is 0.000000112. The van der Waals surface area contributed by atoms with Crippen LogP contribution in [0.15, 0.2) is 295 Å². The maximum atomic E-state index is 12.9. The van der Waals surface area contributed by atoms with Gasteiger partial charge in [0.2, 0.25) is 5.91 Å². The van der Waals surface area contributed by atoms with Crippen LogP contribution in [0.1, 0.15) is 153 Å². The van der Waals surface area contributed by atoms with E-state index in [2.05, 4.69) is 221 Å². The van der Waals surface area contributed by atoms with Crippen LogP contribution in [0.4, 0.5) is 4.79 Å². The van der Waals surface area contributed by atoms with Crippen LogP contribution < -0.4 is 19.5 Å². The highest BCUT2D eigenvalue weighted by molar-refractivity contribution is 9.10. The minimum atomic E-state index is -0.306. The molecule has 746 valence electrons. The number of carbonyl (C=O) groups is 3. The van der Waals surface area contributed by atoms with Gasteiger partial charge in [-0.1, -0.05) is 187 Å². The molecule has 11 aromatic carbocycles. The van der Waals surface area contributed by atoms with Crippen LogP contribution in [0.3, 0.4) is 0 Å². The van der Waals surface area contributed by atoms with Crippen molar-refractivity contribution in [1.82, 2.24) is 64.4 Å². The van der Waals surface area contributed by atoms with Gasteiger partial charge in [-0.3, -0.25) is 29.3 Å². The first-order valence-corrected chi connectivity index (χ1v) is 52.9. The number of aryl methyl sites for hydroxylation is 1. The van der Waals surface area contributed by atoms with Crippen molar-refractivity contribution in [2.75, 3.05) is 86.0 Å². The summed E-state index contributed by atoms with van der Waals surface area (Å²) < 4.78 is 37.8. The van der Waals surface area contributed by atoms with Gasteiger partial charge in [0.15, 0.2) is 0 Å². The number of esters is 1. The molecule has 1 saturated heterocycles. The van der Waals surface area contributed by atoms with Crippen molar-refractivity contribution in [3.8, 4) is 22.9 Å². The monoisotopic (exact) mass is 2150 g/mol. The van der Waals surface area contributed by atoms with Crippen LogP contribution in [0.2, 0.25) is 20.1 Å². The van der Waals surface area contributed by atoms with Crippen molar-refractivity contribution >= 4 is 151 Å². The largest absolute Gasteiger partial charge is 0.497 e. The lowest BCUT2D eigenvalue weighted by Gasteiger charge is -2.36. The number of aromatic amines is 5. The summed E-state index contributed by atoms with van der Waals surface area (Å²) in [5.41, 5.74) is 27.0. The first-order valence-electron chi connectivity index (χ1n) is 49.8. The van der Waals surface area contributed by atoms with Gasteiger partial charge in [0.25, 0.3) is 0 Å². The summed E-state index contributed by atoms with van der Waals surface area (Å²) in [6.07, 6.45) is 14.9. The van der Waals surface area contributed by atoms with E-state index in [9.17, 15) is 14.4 Å². The molecule has 1 aliphatic carbocycles. The van der Waals surface area contributed by atoms with Gasteiger partial charge >= 0.3 is 12.1 Å². The molecule has 146 heavy (non-hydrogen) atoms. The number of nitrogens with one attached hydrogen (secondary N) is 6. The molecule has 0 radical (unpaired) electrons. The van der Waals surface area contributed by atoms with E-state index in [1.54, 1.807) is 31.2 Å². The number of H-pyrrole nitrogens is 5. The third-order valence-electron chi connectivity index (χ3n) is 28.6. The van der Waals surface area contributed by atoms with Gasteiger partial charge in [0.1, 0.15) is 36.5 Å². The summed E-state index contributed by atoms with van der Waals surface area (Å²) in [5.74, 6) is 2.12. The second kappa shape index (κ2) is 46.0. The van der Waals surface area contributed by atoms with Crippen molar-refractivity contribution in [2.24, 2.45) is 5.92 Å². The molecule has 28 heteroatoms. The molecule has 24 rings (SSSR count). The van der Waals surface area contributed by atoms with E-state index in [0.29, 0.717) is 56.0 Å². The fourth-order valence-electron chi connectivity index (χ4n) is 21.6. The number of amides is 2. The number of morpholine rings is 1. The van der Waals surface area contributed by atoms with Crippen LogP contribution in [0, 0.1) is 5.92 Å². The number of pyridine rings is 1. The molecule has 2 amide bonds. The normalized spacial score (nSPS) is 17.4. The van der Waals surface area contributed by atoms with Gasteiger partial charge in [-0.25, -0.2) is 9.78 Å². The Morgan fingerprint density at radius 1 is 0.479 bits per heavy atom. The van der Waals surface area contributed by atoms with E-state index < -0.39 is 0 Å². The predicted octanol–water partition coefficient (Wildman–Crippen LogP) is 26.3. The summed E-state index contributed by atoms with van der Waals surface area (Å²) in [7, 11) is 1.65. The molecule has 12 heterocycles. The molecule has 18 aromatic rings. The number of ether oxygens (including phenoxy) is 6. The number of benzene rings is 11. The Morgan fingerprint density at radius 2 is 1.03 bits per heavy atom. The third kappa shape index (κ3) is 22.3. The standard InChI is InChI=1S/C28H28N2O4.C27H31BrN2O4.C23H20ClN3.C20H17BrCl2N2O.C20H17ClN4/c1-3-33-28(31)30-16-15-23-24-17-22(34-18-19-7-5-4-6-8-19)13-14-25(24)29-26(23)27(30)20-9-11-21(32-2)12-10-20;1-2-33-27(31)22-9-8-21-23-17-19(28)5-10-24(23)29-26(21)25(22)18-3-6-20(7-4-18)34-16-13-30-11-14-32-15-12-30;24-18-8-9-21-20(13-18)19-10-12-27(15-16-5-2-1-3-6-16)23(22(19)26-21)17-7-4-11-25-14-17;1-11(26)25-7-6-15-16-9-13(21)3-5-18(16)24-20(15)19(25)8-12-2-4-14(22)10-17(12)23;21-14-3-6-18-17(11-14)16-7-8-23-19(20(16)24-18)13-1-4-15(5-2-13)25-10-9-22-12-25/h4-14,17,27,29H,3,15-16,18H2,1-2H3;3-7,10,17,22,25,29H,2,8-9,11-16H2,1H3;1-9,11,13-14,23,26H,10,12,15H2;2-5,9-10,19,24H,6-8H2,1H3;1-6,9-12,19,23-24H,7-8H2. The molecule has 6 N–H and O–H groups in total. The number of nitrogens with zero attached hydrogens (tertiary/aromatic N) is 7. The molecular weight excluding hydrogens is 2040 g/mol. The lowest BCUT2D eigenvalue weighted by atomic mass is 9.74. The van der Waals surface area contributed by atoms with Gasteiger partial charge in [0.05, 0.1) is 63.9 Å². The molecule has 6 aliphatic rings. The maximum Gasteiger partial charge on any atom is 0.410 e. The molecule has 7 aromatic heterocycles. The molecule has 0 saturated carbocycles. The highest BCUT2D eigenvalue weighted by Crippen LogP contribution is 2.48. The minimum Gasteiger partial charge on any atom is -0.497 e. The summed E-state index contributed by atoms with van der Waals surface area (Å²) in [6.45, 7) is 15.8. The Bertz CT molecular complexity index is 7630. The lowest BCUT2D eigenvalue weighted by Crippen LogP contribution is -2.40. The molecule has 1 fully saturated rings. The number of aromatic nitrogens is 8. The summed E-state index contributed by atoms with van der Waals surface area (Å²) in [6, 6.07) is 86.1. The molecule has 0 spiro atoms. The maximum absolute atomic E-state index is 12.9. The minimum absolute atomic E-state index is 0.0684. The lowest BCUT2D eigenvalue weighted by molar-refractivity contribution is -0.149. The Kier molecular flexibility index (Phi) is 31.6. The fourth-order valence-corrected chi connectivity index (χ4v) is 23.2. The zero-order valence-corrected chi connectivity index (χ0v) is 87.7. The first kappa shape index (κ1) is 100. The van der Waals surface area contributed by atoms with Gasteiger partial charge in [-0.05, 0) is 271 Å². The van der Waals surface area contributed by atoms with E-state index >= 15 is 0 Å². The van der Waals surface area contributed by atoms with Crippen molar-refractivity contribution in [2.45, 2.75) is 109 Å². The molecule has 6 atom stereocenters. The van der Waals surface area contributed by atoms with Gasteiger partial charge in [-0.2, -0.15) is 0 Å². The Morgan fingerprint density at radius 3 is 1.67 bits per heavy atom. The second-order valence-corrected chi connectivity index (χ2v) is 41.0. The number of rotatable bonds is 20. The molecule has 5 aliphatic heterocycles. The summed E-state index contributed by atoms with van der Waals surface area (Å²) in [5, 5.41) is 12.5. The highest BCUT2D eigenvalue weighted by atomic mass is 79.9. The number of fused-ring (bicyclic) bond motifs is 15. The molecule has 22 nitrogen and oxygen atoms in total. The SMILES string of the molecule is CC(=O)N1CCc2c([nH]c3ccc(Br)cc23)C1Cc1ccc(Cl)cc1Cl.CCOC(=O)C1CCc2c([nH]c3ccc(Br)cc23)C1c1ccc(OCCN2CCOCC2)cc1.CCOC(=O)N1CCc2c([nH]c3ccc(OCc4ccccc4)cc23)C1c1ccc(OC)cc1.Clc1ccc2[nH]c3c(c2c1)CCN(Cc1ccccc1)C3c1cccnc1.Clc1ccc2[nH]c3c(c2c1)CCNC3c1ccc(-n2ccnc2)cc1. The summed E-state index contributed by atoms with van der Waals surface area (Å²) >= 11 is 32.1. The number of hydrogen-bond acceptors (Lipinski definition) is 14. The van der Waals surface area contributed by atoms with Gasteiger partial charge in [0, 0.05) is 208 Å². The third-order valence-corrected chi connectivity index (χ3v) is 30.7. The average Bonchev–Trinajstić information content (AvgIpc) is 2.03. The van der Waals surface area contributed by atoms with E-state index in [1.807, 2.05) is 157 Å². The molecular formula is C118H113Br2Cl4N13O9. The Labute approximate surface area is 885 Å². The predicted molar refractivity (Wildman–Crippen MR) is 587 cm³/mol. The fraction of sp³-hybridized carbons (Fsp3) is 0.263. The van der Waals surface area contributed by atoms with Crippen LogP contribution >= 0.6 is 78.3 Å². The summed E-state index contributed by atoms with van der Waals surface area (Å²) in [4.78, 5) is 73.2. The van der Waals surface area contributed by atoms with Gasteiger partial charge < -0.3 is 68.1 Å². The molecule has 0 bridgehead atoms. The van der Waals surface area contributed by atoms with Crippen molar-refractivity contribution in [1.29, 1.82) is 0 Å². The zero-order valence-electron chi connectivity index (χ0n) is 81.5. The second-order valence-electron chi connectivity index (χ2n) is 37.4. The van der Waals surface area contributed by atoms with E-state index in [0.717, 1.165) is 205 Å². The number of carbonyl (C=O) groups excluding carboxylic acids is 3. The van der Waals surface area contributed by atoms with Crippen LogP contribution in [0.5, 0.6) is 17.2 Å².